The maximum atomic E-state index is 12.3. The van der Waals surface area contributed by atoms with Crippen molar-refractivity contribution < 1.29 is 4.79 Å². The molecular weight excluding hydrogens is 324 g/mol. The monoisotopic (exact) mass is 354 g/mol. The maximum Gasteiger partial charge on any atom is 0.251 e. The molecule has 1 aliphatic rings. The number of benzene rings is 1. The first-order chi connectivity index (χ1) is 12.6. The summed E-state index contributed by atoms with van der Waals surface area (Å²) in [7, 11) is 0. The summed E-state index contributed by atoms with van der Waals surface area (Å²) in [5, 5.41) is 7.52. The number of nitrogens with zero attached hydrogens (tertiary/aromatic N) is 3. The normalized spacial score (nSPS) is 15.6. The number of hydrogen-bond acceptors (Lipinski definition) is 3. The van der Waals surface area contributed by atoms with Crippen LogP contribution in [0.25, 0.3) is 5.69 Å². The van der Waals surface area contributed by atoms with Crippen molar-refractivity contribution in [3.63, 3.8) is 0 Å². The molecule has 5 nitrogen and oxygen atoms in total. The lowest BCUT2D eigenvalue weighted by Crippen LogP contribution is -2.30. The number of rotatable bonds is 6. The molecule has 0 bridgehead atoms. The first-order valence-corrected chi connectivity index (χ1v) is 9.78. The highest BCUT2D eigenvalue weighted by atomic mass is 16.1. The van der Waals surface area contributed by atoms with Crippen molar-refractivity contribution in [1.29, 1.82) is 0 Å². The summed E-state index contributed by atoms with van der Waals surface area (Å²) in [6, 6.07) is 9.69. The molecule has 1 aromatic heterocycles. The van der Waals surface area contributed by atoms with Gasteiger partial charge in [-0.05, 0) is 83.1 Å². The van der Waals surface area contributed by atoms with E-state index in [4.69, 9.17) is 0 Å². The number of hydrogen-bond donors (Lipinski definition) is 1. The van der Waals surface area contributed by atoms with Crippen LogP contribution in [-0.2, 0) is 0 Å². The van der Waals surface area contributed by atoms with Crippen molar-refractivity contribution in [1.82, 2.24) is 20.0 Å². The van der Waals surface area contributed by atoms with Gasteiger partial charge in [-0.3, -0.25) is 4.79 Å². The summed E-state index contributed by atoms with van der Waals surface area (Å²) in [5.74, 6) is 0.000726. The zero-order chi connectivity index (χ0) is 18.4. The summed E-state index contributed by atoms with van der Waals surface area (Å²) in [6.45, 7) is 8.25. The molecule has 1 fully saturated rings. The number of amides is 1. The van der Waals surface area contributed by atoms with Gasteiger partial charge >= 0.3 is 0 Å². The molecule has 140 valence electrons. The molecular formula is C21H30N4O. The highest BCUT2D eigenvalue weighted by Crippen LogP contribution is 2.13. The van der Waals surface area contributed by atoms with Gasteiger partial charge in [-0.25, -0.2) is 4.68 Å². The molecule has 0 saturated carbocycles. The van der Waals surface area contributed by atoms with Crippen LogP contribution in [0.1, 0.15) is 53.8 Å². The van der Waals surface area contributed by atoms with Crippen molar-refractivity contribution in [2.75, 3.05) is 26.2 Å². The fraction of sp³-hybridized carbons (Fsp3) is 0.524. The molecule has 1 aromatic carbocycles. The second kappa shape index (κ2) is 8.99. The third-order valence-corrected chi connectivity index (χ3v) is 5.02. The Morgan fingerprint density at radius 1 is 1.08 bits per heavy atom. The second-order valence-corrected chi connectivity index (χ2v) is 7.25. The number of carbonyl (C=O) groups is 1. The van der Waals surface area contributed by atoms with Crippen LogP contribution < -0.4 is 5.32 Å². The Balaban J connectivity index is 1.46. The SMILES string of the molecule is Cc1cc(C)n(-c2ccc(C(=O)NCCCN3CCCCCC3)cc2)n1. The molecule has 0 radical (unpaired) electrons. The second-order valence-electron chi connectivity index (χ2n) is 7.25. The summed E-state index contributed by atoms with van der Waals surface area (Å²) < 4.78 is 1.90. The Bertz CT molecular complexity index is 712. The minimum absolute atomic E-state index is 0.000726. The van der Waals surface area contributed by atoms with Crippen LogP contribution in [0.2, 0.25) is 0 Å². The van der Waals surface area contributed by atoms with E-state index >= 15 is 0 Å². The first-order valence-electron chi connectivity index (χ1n) is 9.78. The smallest absolute Gasteiger partial charge is 0.251 e. The van der Waals surface area contributed by atoms with E-state index in [9.17, 15) is 4.79 Å². The molecule has 2 heterocycles. The third kappa shape index (κ3) is 4.94. The van der Waals surface area contributed by atoms with E-state index in [1.54, 1.807) is 0 Å². The Morgan fingerprint density at radius 2 is 1.77 bits per heavy atom. The van der Waals surface area contributed by atoms with E-state index in [2.05, 4.69) is 15.3 Å². The van der Waals surface area contributed by atoms with Crippen LogP contribution in [0.5, 0.6) is 0 Å². The van der Waals surface area contributed by atoms with Gasteiger partial charge in [0.1, 0.15) is 0 Å². The molecule has 0 unspecified atom stereocenters. The van der Waals surface area contributed by atoms with E-state index in [0.29, 0.717) is 5.56 Å². The minimum atomic E-state index is 0.000726. The quantitative estimate of drug-likeness (QED) is 0.808. The summed E-state index contributed by atoms with van der Waals surface area (Å²) in [4.78, 5) is 14.9. The molecule has 3 rings (SSSR count). The van der Waals surface area contributed by atoms with E-state index in [0.717, 1.165) is 36.6 Å². The van der Waals surface area contributed by atoms with Gasteiger partial charge in [0, 0.05) is 17.8 Å². The number of carbonyl (C=O) groups excluding carboxylic acids is 1. The van der Waals surface area contributed by atoms with E-state index in [1.165, 1.54) is 38.8 Å². The average Bonchev–Trinajstić information content (AvgIpc) is 2.84. The molecule has 0 spiro atoms. The lowest BCUT2D eigenvalue weighted by molar-refractivity contribution is 0.0951. The molecule has 1 amide bonds. The number of likely N-dealkylation sites (tertiary alicyclic amines) is 1. The Labute approximate surface area is 156 Å². The summed E-state index contributed by atoms with van der Waals surface area (Å²) in [5.41, 5.74) is 3.76. The molecule has 1 saturated heterocycles. The molecule has 1 aliphatic heterocycles. The van der Waals surface area contributed by atoms with Gasteiger partial charge in [0.15, 0.2) is 0 Å². The van der Waals surface area contributed by atoms with Gasteiger partial charge in [0.25, 0.3) is 5.91 Å². The van der Waals surface area contributed by atoms with E-state index < -0.39 is 0 Å². The van der Waals surface area contributed by atoms with Crippen LogP contribution >= 0.6 is 0 Å². The Kier molecular flexibility index (Phi) is 6.45. The Morgan fingerprint density at radius 3 is 2.38 bits per heavy atom. The van der Waals surface area contributed by atoms with Crippen LogP contribution in [0, 0.1) is 13.8 Å². The summed E-state index contributed by atoms with van der Waals surface area (Å²) >= 11 is 0. The molecule has 2 aromatic rings. The zero-order valence-corrected chi connectivity index (χ0v) is 16.0. The van der Waals surface area contributed by atoms with Crippen molar-refractivity contribution in [2.24, 2.45) is 0 Å². The zero-order valence-electron chi connectivity index (χ0n) is 16.0. The van der Waals surface area contributed by atoms with Crippen molar-refractivity contribution in [2.45, 2.75) is 46.0 Å². The van der Waals surface area contributed by atoms with Crippen LogP contribution in [0.4, 0.5) is 0 Å². The predicted octanol–water partition coefficient (Wildman–Crippen LogP) is 3.49. The first kappa shape index (κ1) is 18.6. The van der Waals surface area contributed by atoms with Crippen LogP contribution in [-0.4, -0.2) is 46.8 Å². The van der Waals surface area contributed by atoms with Gasteiger partial charge in [-0.2, -0.15) is 5.10 Å². The fourth-order valence-corrected chi connectivity index (χ4v) is 3.61. The molecule has 5 heteroatoms. The van der Waals surface area contributed by atoms with Crippen LogP contribution in [0.3, 0.4) is 0 Å². The van der Waals surface area contributed by atoms with Crippen molar-refractivity contribution in [3.8, 4) is 5.69 Å². The highest BCUT2D eigenvalue weighted by molar-refractivity contribution is 5.94. The topological polar surface area (TPSA) is 50.2 Å². The van der Waals surface area contributed by atoms with Gasteiger partial charge in [0.2, 0.25) is 0 Å². The standard InChI is InChI=1S/C21H30N4O/c1-17-16-18(2)25(23-17)20-10-8-19(9-11-20)21(26)22-12-7-15-24-13-5-3-4-6-14-24/h8-11,16H,3-7,12-15H2,1-2H3,(H,22,26). The van der Waals surface area contributed by atoms with Crippen LogP contribution in [0.15, 0.2) is 30.3 Å². The van der Waals surface area contributed by atoms with Gasteiger partial charge in [-0.1, -0.05) is 12.8 Å². The van der Waals surface area contributed by atoms with E-state index in [1.807, 2.05) is 48.9 Å². The van der Waals surface area contributed by atoms with Crippen molar-refractivity contribution >= 4 is 5.91 Å². The number of aryl methyl sites for hydroxylation is 2. The largest absolute Gasteiger partial charge is 0.352 e. The average molecular weight is 354 g/mol. The van der Waals surface area contributed by atoms with Crippen molar-refractivity contribution in [3.05, 3.63) is 47.3 Å². The predicted molar refractivity (Wildman–Crippen MR) is 105 cm³/mol. The summed E-state index contributed by atoms with van der Waals surface area (Å²) in [6.07, 6.45) is 6.36. The minimum Gasteiger partial charge on any atom is -0.352 e. The fourth-order valence-electron chi connectivity index (χ4n) is 3.61. The molecule has 0 aliphatic carbocycles. The molecule has 1 N–H and O–H groups in total. The third-order valence-electron chi connectivity index (χ3n) is 5.02. The van der Waals surface area contributed by atoms with Gasteiger partial charge in [0.05, 0.1) is 11.4 Å². The number of aromatic nitrogens is 2. The maximum absolute atomic E-state index is 12.3. The van der Waals surface area contributed by atoms with Gasteiger partial charge < -0.3 is 10.2 Å². The number of nitrogens with one attached hydrogen (secondary N) is 1. The lowest BCUT2D eigenvalue weighted by Gasteiger charge is -2.19. The molecule has 26 heavy (non-hydrogen) atoms. The molecule has 0 atom stereocenters. The Hall–Kier alpha value is -2.14. The highest BCUT2D eigenvalue weighted by Gasteiger charge is 2.10. The lowest BCUT2D eigenvalue weighted by atomic mass is 10.2. The van der Waals surface area contributed by atoms with E-state index in [-0.39, 0.29) is 5.91 Å². The van der Waals surface area contributed by atoms with Gasteiger partial charge in [-0.15, -0.1) is 0 Å².